The average Bonchev–Trinajstić information content (AvgIpc) is 2.76. The van der Waals surface area contributed by atoms with Crippen molar-refractivity contribution in [2.75, 3.05) is 4.72 Å². The highest BCUT2D eigenvalue weighted by molar-refractivity contribution is 7.92. The lowest BCUT2D eigenvalue weighted by molar-refractivity contribution is 0.597. The Bertz CT molecular complexity index is 645. The third-order valence-corrected chi connectivity index (χ3v) is 3.84. The number of anilines is 1. The van der Waals surface area contributed by atoms with E-state index < -0.39 is 10.0 Å². The molecule has 0 aromatic carbocycles. The maximum absolute atomic E-state index is 11.9. The lowest BCUT2D eigenvalue weighted by Gasteiger charge is -2.04. The van der Waals surface area contributed by atoms with Gasteiger partial charge in [-0.2, -0.15) is 18.5 Å². The van der Waals surface area contributed by atoms with Crippen LogP contribution < -0.4 is 4.72 Å². The molecule has 0 saturated heterocycles. The minimum absolute atomic E-state index is 0.0275. The molecule has 0 saturated carbocycles. The van der Waals surface area contributed by atoms with Gasteiger partial charge in [-0.15, -0.1) is 0 Å². The molecular weight excluding hydrogens is 268 g/mol. The molecule has 8 nitrogen and oxygen atoms in total. The first-order valence-corrected chi connectivity index (χ1v) is 6.31. The summed E-state index contributed by atoms with van der Waals surface area (Å²) in [7, 11) is -0.698. The molecule has 2 aromatic rings. The Morgan fingerprint density at radius 1 is 1.35 bits per heavy atom. The van der Waals surface area contributed by atoms with E-state index in [1.807, 2.05) is 0 Å². The van der Waals surface area contributed by atoms with Crippen LogP contribution >= 0.6 is 11.6 Å². The minimum Gasteiger partial charge on any atom is -0.324 e. The van der Waals surface area contributed by atoms with E-state index in [0.29, 0.717) is 0 Å². The van der Waals surface area contributed by atoms with Crippen molar-refractivity contribution >= 4 is 27.6 Å². The number of aromatic nitrogens is 5. The van der Waals surface area contributed by atoms with Crippen LogP contribution in [-0.4, -0.2) is 32.7 Å². The lowest BCUT2D eigenvalue weighted by Crippen LogP contribution is -2.17. The van der Waals surface area contributed by atoms with E-state index in [-0.39, 0.29) is 16.1 Å². The van der Waals surface area contributed by atoms with Gasteiger partial charge in [0.1, 0.15) is 11.5 Å². The van der Waals surface area contributed by atoms with Gasteiger partial charge in [0.25, 0.3) is 10.0 Å². The summed E-state index contributed by atoms with van der Waals surface area (Å²) in [6, 6.07) is 0. The smallest absolute Gasteiger partial charge is 0.284 e. The first-order chi connectivity index (χ1) is 7.92. The minimum atomic E-state index is -3.85. The van der Waals surface area contributed by atoms with E-state index >= 15 is 0 Å². The molecular formula is C7H9ClN6O2S. The van der Waals surface area contributed by atoms with Gasteiger partial charge in [-0.25, -0.2) is 14.4 Å². The Morgan fingerprint density at radius 2 is 2.06 bits per heavy atom. The molecule has 0 aliphatic rings. The monoisotopic (exact) mass is 276 g/mol. The van der Waals surface area contributed by atoms with E-state index in [0.717, 1.165) is 0 Å². The standard InChI is InChI=1S/C7H9ClN6O2S/c1-13-4-10-6(5(13)8)17(15,16)12-7-9-3-11-14(7)2/h3-4H,1-2H3,(H,9,11,12). The SMILES string of the molecule is Cn1cnc(S(=O)(=O)Nc2ncnn2C)c1Cl. The van der Waals surface area contributed by atoms with E-state index in [2.05, 4.69) is 19.8 Å². The van der Waals surface area contributed by atoms with Crippen LogP contribution in [0.25, 0.3) is 0 Å². The summed E-state index contributed by atoms with van der Waals surface area (Å²) in [5.74, 6) is 0.0896. The summed E-state index contributed by atoms with van der Waals surface area (Å²) < 4.78 is 28.8. The molecule has 10 heteroatoms. The van der Waals surface area contributed by atoms with Crippen LogP contribution in [0.1, 0.15) is 0 Å². The zero-order valence-corrected chi connectivity index (χ0v) is 10.6. The summed E-state index contributed by atoms with van der Waals surface area (Å²) in [5.41, 5.74) is 0. The highest BCUT2D eigenvalue weighted by Crippen LogP contribution is 2.20. The van der Waals surface area contributed by atoms with Crippen LogP contribution in [0.2, 0.25) is 5.15 Å². The first-order valence-electron chi connectivity index (χ1n) is 4.45. The molecule has 92 valence electrons. The first kappa shape index (κ1) is 11.9. The highest BCUT2D eigenvalue weighted by Gasteiger charge is 2.23. The molecule has 0 atom stereocenters. The normalized spacial score (nSPS) is 11.7. The van der Waals surface area contributed by atoms with Gasteiger partial charge in [-0.05, 0) is 0 Å². The van der Waals surface area contributed by atoms with Crippen molar-refractivity contribution < 1.29 is 8.42 Å². The zero-order chi connectivity index (χ0) is 12.6. The number of nitrogens with zero attached hydrogens (tertiary/aromatic N) is 5. The number of sulfonamides is 1. The fourth-order valence-electron chi connectivity index (χ4n) is 1.13. The summed E-state index contributed by atoms with van der Waals surface area (Å²) in [5, 5.41) is 3.52. The van der Waals surface area contributed by atoms with Crippen molar-refractivity contribution in [3.63, 3.8) is 0 Å². The molecule has 0 amide bonds. The fraction of sp³-hybridized carbons (Fsp3) is 0.286. The van der Waals surface area contributed by atoms with Crippen LogP contribution in [0.15, 0.2) is 17.7 Å². The maximum atomic E-state index is 11.9. The van der Waals surface area contributed by atoms with Gasteiger partial charge in [-0.3, -0.25) is 0 Å². The number of nitrogens with one attached hydrogen (secondary N) is 1. The summed E-state index contributed by atoms with van der Waals surface area (Å²) in [6.07, 6.45) is 2.55. The largest absolute Gasteiger partial charge is 0.324 e. The van der Waals surface area contributed by atoms with Crippen LogP contribution in [-0.2, 0) is 24.1 Å². The van der Waals surface area contributed by atoms with Crippen LogP contribution in [0.3, 0.4) is 0 Å². The fourth-order valence-corrected chi connectivity index (χ4v) is 2.60. The molecule has 0 radical (unpaired) electrons. The second kappa shape index (κ2) is 4.00. The van der Waals surface area contributed by atoms with Crippen molar-refractivity contribution in [3.8, 4) is 0 Å². The predicted molar refractivity (Wildman–Crippen MR) is 60.0 cm³/mol. The van der Waals surface area contributed by atoms with Crippen LogP contribution in [0, 0.1) is 0 Å². The molecule has 0 aliphatic heterocycles. The predicted octanol–water partition coefficient (Wildman–Crippen LogP) is 0.00280. The van der Waals surface area contributed by atoms with E-state index in [9.17, 15) is 8.42 Å². The quantitative estimate of drug-likeness (QED) is 0.852. The summed E-state index contributed by atoms with van der Waals surface area (Å²) in [4.78, 5) is 7.47. The number of halogens is 1. The summed E-state index contributed by atoms with van der Waals surface area (Å²) >= 11 is 5.81. The molecule has 0 spiro atoms. The van der Waals surface area contributed by atoms with Crippen molar-refractivity contribution in [1.29, 1.82) is 0 Å². The number of hydrogen-bond acceptors (Lipinski definition) is 5. The maximum Gasteiger partial charge on any atom is 0.284 e. The highest BCUT2D eigenvalue weighted by atomic mass is 35.5. The van der Waals surface area contributed by atoms with Crippen LogP contribution in [0.5, 0.6) is 0 Å². The Hall–Kier alpha value is -1.61. The van der Waals surface area contributed by atoms with Crippen molar-refractivity contribution in [1.82, 2.24) is 24.3 Å². The molecule has 17 heavy (non-hydrogen) atoms. The zero-order valence-electron chi connectivity index (χ0n) is 8.99. The van der Waals surface area contributed by atoms with Gasteiger partial charge in [0.05, 0.1) is 6.33 Å². The van der Waals surface area contributed by atoms with Gasteiger partial charge in [0, 0.05) is 14.1 Å². The van der Waals surface area contributed by atoms with Gasteiger partial charge < -0.3 is 4.57 Å². The second-order valence-corrected chi connectivity index (χ2v) is 5.22. The Kier molecular flexibility index (Phi) is 2.79. The van der Waals surface area contributed by atoms with Crippen LogP contribution in [0.4, 0.5) is 5.95 Å². The van der Waals surface area contributed by atoms with Gasteiger partial charge in [0.2, 0.25) is 11.0 Å². The van der Waals surface area contributed by atoms with Crippen molar-refractivity contribution in [3.05, 3.63) is 17.8 Å². The van der Waals surface area contributed by atoms with E-state index in [1.165, 1.54) is 21.9 Å². The Labute approximate surface area is 102 Å². The Balaban J connectivity index is 2.38. The Morgan fingerprint density at radius 3 is 2.53 bits per heavy atom. The van der Waals surface area contributed by atoms with E-state index in [1.54, 1.807) is 14.1 Å². The molecule has 2 rings (SSSR count). The average molecular weight is 277 g/mol. The third kappa shape index (κ3) is 2.11. The molecule has 0 bridgehead atoms. The molecule has 1 N–H and O–H groups in total. The molecule has 2 aromatic heterocycles. The number of hydrogen-bond donors (Lipinski definition) is 1. The lowest BCUT2D eigenvalue weighted by atomic mass is 10.9. The van der Waals surface area contributed by atoms with Crippen molar-refractivity contribution in [2.24, 2.45) is 14.1 Å². The van der Waals surface area contributed by atoms with Gasteiger partial charge >= 0.3 is 0 Å². The second-order valence-electron chi connectivity index (χ2n) is 3.26. The third-order valence-electron chi connectivity index (χ3n) is 2.03. The van der Waals surface area contributed by atoms with Gasteiger partial charge in [-0.1, -0.05) is 11.6 Å². The molecule has 0 aliphatic carbocycles. The summed E-state index contributed by atoms with van der Waals surface area (Å²) in [6.45, 7) is 0. The number of imidazole rings is 1. The van der Waals surface area contributed by atoms with E-state index in [4.69, 9.17) is 11.6 Å². The number of aryl methyl sites for hydroxylation is 2. The topological polar surface area (TPSA) is 94.7 Å². The number of rotatable bonds is 3. The van der Waals surface area contributed by atoms with Gasteiger partial charge in [0.15, 0.2) is 0 Å². The molecule has 0 fully saturated rings. The van der Waals surface area contributed by atoms with Crippen molar-refractivity contribution in [2.45, 2.75) is 5.03 Å². The molecule has 2 heterocycles. The molecule has 0 unspecified atom stereocenters.